The van der Waals surface area contributed by atoms with Crippen LogP contribution < -0.4 is 11.1 Å². The molecule has 2 rings (SSSR count). The van der Waals surface area contributed by atoms with Crippen LogP contribution >= 0.6 is 0 Å². The molecular weight excluding hydrogens is 258 g/mol. The largest absolute Gasteiger partial charge is 0.480 e. The standard InChI is InChI=1S/C14H25N3O3/c15-12(14(19)20)8-13(18)17-6-3-10(4-7-17)11-2-1-5-16-9-11/h10-12,16H,1-9,15H2,(H,19,20)/t11?,12-/m0/s1. The van der Waals surface area contributed by atoms with E-state index in [4.69, 9.17) is 10.8 Å². The Hall–Kier alpha value is -1.14. The Morgan fingerprint density at radius 2 is 1.95 bits per heavy atom. The predicted molar refractivity (Wildman–Crippen MR) is 75.1 cm³/mol. The number of rotatable bonds is 4. The summed E-state index contributed by atoms with van der Waals surface area (Å²) >= 11 is 0. The number of carbonyl (C=O) groups is 2. The van der Waals surface area contributed by atoms with Gasteiger partial charge in [0.05, 0.1) is 6.42 Å². The number of nitrogens with one attached hydrogen (secondary N) is 1. The highest BCUT2D eigenvalue weighted by molar-refractivity contribution is 5.84. The lowest BCUT2D eigenvalue weighted by atomic mass is 9.80. The van der Waals surface area contributed by atoms with E-state index in [9.17, 15) is 9.59 Å². The number of carbonyl (C=O) groups excluding carboxylic acids is 1. The first-order chi connectivity index (χ1) is 9.58. The first-order valence-electron chi connectivity index (χ1n) is 7.55. The predicted octanol–water partition coefficient (Wildman–Crippen LogP) is 0.0266. The molecule has 1 unspecified atom stereocenters. The molecule has 0 aliphatic carbocycles. The zero-order valence-electron chi connectivity index (χ0n) is 11.9. The number of nitrogens with two attached hydrogens (primary N) is 1. The van der Waals surface area contributed by atoms with Crippen LogP contribution in [0.25, 0.3) is 0 Å². The van der Waals surface area contributed by atoms with E-state index in [-0.39, 0.29) is 12.3 Å². The van der Waals surface area contributed by atoms with Crippen LogP contribution in [0.15, 0.2) is 0 Å². The third kappa shape index (κ3) is 3.93. The zero-order valence-corrected chi connectivity index (χ0v) is 11.9. The second kappa shape index (κ2) is 7.04. The van der Waals surface area contributed by atoms with Crippen molar-refractivity contribution in [1.29, 1.82) is 0 Å². The number of amides is 1. The Morgan fingerprint density at radius 3 is 2.50 bits per heavy atom. The summed E-state index contributed by atoms with van der Waals surface area (Å²) in [6.45, 7) is 3.71. The number of nitrogens with zero attached hydrogens (tertiary/aromatic N) is 1. The highest BCUT2D eigenvalue weighted by Crippen LogP contribution is 2.29. The van der Waals surface area contributed by atoms with Gasteiger partial charge in [0.15, 0.2) is 0 Å². The molecule has 0 bridgehead atoms. The van der Waals surface area contributed by atoms with E-state index >= 15 is 0 Å². The molecule has 2 heterocycles. The van der Waals surface area contributed by atoms with Gasteiger partial charge in [-0.25, -0.2) is 0 Å². The highest BCUT2D eigenvalue weighted by Gasteiger charge is 2.30. The van der Waals surface area contributed by atoms with Crippen molar-refractivity contribution < 1.29 is 14.7 Å². The van der Waals surface area contributed by atoms with Gasteiger partial charge < -0.3 is 21.1 Å². The average Bonchev–Trinajstić information content (AvgIpc) is 2.48. The van der Waals surface area contributed by atoms with Gasteiger partial charge in [-0.3, -0.25) is 9.59 Å². The van der Waals surface area contributed by atoms with Crippen molar-refractivity contribution in [3.63, 3.8) is 0 Å². The van der Waals surface area contributed by atoms with Crippen LogP contribution in [0.1, 0.15) is 32.1 Å². The maximum absolute atomic E-state index is 12.0. The molecule has 20 heavy (non-hydrogen) atoms. The van der Waals surface area contributed by atoms with Crippen LogP contribution in [0.2, 0.25) is 0 Å². The quantitative estimate of drug-likeness (QED) is 0.676. The summed E-state index contributed by atoms with van der Waals surface area (Å²) in [5, 5.41) is 12.2. The van der Waals surface area contributed by atoms with Gasteiger partial charge in [0, 0.05) is 13.1 Å². The summed E-state index contributed by atoms with van der Waals surface area (Å²) in [6, 6.07) is -1.08. The Bertz CT molecular complexity index is 348. The van der Waals surface area contributed by atoms with E-state index in [0.29, 0.717) is 5.92 Å². The molecule has 0 aromatic heterocycles. The number of piperidine rings is 2. The van der Waals surface area contributed by atoms with Crippen molar-refractivity contribution in [3.8, 4) is 0 Å². The number of carboxylic acid groups (broad SMARTS) is 1. The molecular formula is C14H25N3O3. The van der Waals surface area contributed by atoms with Crippen LogP contribution in [0, 0.1) is 11.8 Å². The molecule has 2 fully saturated rings. The lowest BCUT2D eigenvalue weighted by molar-refractivity contribution is -0.143. The van der Waals surface area contributed by atoms with Crippen molar-refractivity contribution in [2.75, 3.05) is 26.2 Å². The monoisotopic (exact) mass is 283 g/mol. The summed E-state index contributed by atoms with van der Waals surface area (Å²) < 4.78 is 0. The van der Waals surface area contributed by atoms with E-state index < -0.39 is 12.0 Å². The number of carboxylic acids is 1. The molecule has 114 valence electrons. The molecule has 0 spiro atoms. The van der Waals surface area contributed by atoms with E-state index in [1.807, 2.05) is 0 Å². The van der Waals surface area contributed by atoms with E-state index in [0.717, 1.165) is 44.9 Å². The van der Waals surface area contributed by atoms with Gasteiger partial charge in [0.2, 0.25) is 5.91 Å². The topological polar surface area (TPSA) is 95.7 Å². The number of likely N-dealkylation sites (tertiary alicyclic amines) is 1. The molecule has 0 saturated carbocycles. The highest BCUT2D eigenvalue weighted by atomic mass is 16.4. The Morgan fingerprint density at radius 1 is 1.25 bits per heavy atom. The minimum atomic E-state index is -1.11. The average molecular weight is 283 g/mol. The van der Waals surface area contributed by atoms with Gasteiger partial charge in [-0.15, -0.1) is 0 Å². The molecule has 0 radical (unpaired) electrons. The van der Waals surface area contributed by atoms with Crippen molar-refractivity contribution in [2.45, 2.75) is 38.1 Å². The lowest BCUT2D eigenvalue weighted by Gasteiger charge is -2.38. The summed E-state index contributed by atoms with van der Waals surface area (Å²) in [5.41, 5.74) is 5.41. The molecule has 2 atom stereocenters. The van der Waals surface area contributed by atoms with E-state index in [2.05, 4.69) is 5.32 Å². The Balaban J connectivity index is 1.75. The van der Waals surface area contributed by atoms with Crippen molar-refractivity contribution in [2.24, 2.45) is 17.6 Å². The van der Waals surface area contributed by atoms with Crippen LogP contribution in [-0.2, 0) is 9.59 Å². The number of hydrogen-bond acceptors (Lipinski definition) is 4. The number of hydrogen-bond donors (Lipinski definition) is 3. The van der Waals surface area contributed by atoms with Gasteiger partial charge >= 0.3 is 5.97 Å². The second-order valence-electron chi connectivity index (χ2n) is 5.97. The fourth-order valence-electron chi connectivity index (χ4n) is 3.31. The molecule has 0 aromatic rings. The van der Waals surface area contributed by atoms with Crippen molar-refractivity contribution in [1.82, 2.24) is 10.2 Å². The molecule has 6 heteroatoms. The molecule has 1 amide bonds. The van der Waals surface area contributed by atoms with Gasteiger partial charge in [-0.2, -0.15) is 0 Å². The lowest BCUT2D eigenvalue weighted by Crippen LogP contribution is -2.45. The summed E-state index contributed by atoms with van der Waals surface area (Å²) in [7, 11) is 0. The van der Waals surface area contributed by atoms with Crippen LogP contribution in [0.4, 0.5) is 0 Å². The van der Waals surface area contributed by atoms with Crippen LogP contribution in [-0.4, -0.2) is 54.1 Å². The fourth-order valence-corrected chi connectivity index (χ4v) is 3.31. The molecule has 4 N–H and O–H groups in total. The van der Waals surface area contributed by atoms with Gasteiger partial charge in [0.25, 0.3) is 0 Å². The molecule has 0 aromatic carbocycles. The second-order valence-corrected chi connectivity index (χ2v) is 5.97. The van der Waals surface area contributed by atoms with Gasteiger partial charge in [-0.05, 0) is 50.6 Å². The summed E-state index contributed by atoms with van der Waals surface area (Å²) in [4.78, 5) is 24.4. The summed E-state index contributed by atoms with van der Waals surface area (Å²) in [6.07, 6.45) is 4.50. The Labute approximate surface area is 119 Å². The fraction of sp³-hybridized carbons (Fsp3) is 0.857. The van der Waals surface area contributed by atoms with Crippen molar-refractivity contribution >= 4 is 11.9 Å². The zero-order chi connectivity index (χ0) is 14.5. The first kappa shape index (κ1) is 15.3. The van der Waals surface area contributed by atoms with E-state index in [1.165, 1.54) is 12.8 Å². The molecule has 2 aliphatic rings. The normalized spacial score (nSPS) is 26.2. The maximum atomic E-state index is 12.0. The van der Waals surface area contributed by atoms with Gasteiger partial charge in [0.1, 0.15) is 6.04 Å². The Kier molecular flexibility index (Phi) is 5.37. The van der Waals surface area contributed by atoms with Crippen LogP contribution in [0.3, 0.4) is 0 Å². The maximum Gasteiger partial charge on any atom is 0.321 e. The third-order valence-electron chi connectivity index (χ3n) is 4.61. The van der Waals surface area contributed by atoms with E-state index in [1.54, 1.807) is 4.90 Å². The minimum absolute atomic E-state index is 0.0923. The molecule has 2 aliphatic heterocycles. The first-order valence-corrected chi connectivity index (χ1v) is 7.55. The molecule has 6 nitrogen and oxygen atoms in total. The summed E-state index contributed by atoms with van der Waals surface area (Å²) in [5.74, 6) is 0.198. The number of aliphatic carboxylic acids is 1. The molecule has 2 saturated heterocycles. The minimum Gasteiger partial charge on any atom is -0.480 e. The third-order valence-corrected chi connectivity index (χ3v) is 4.61. The smallest absolute Gasteiger partial charge is 0.321 e. The SMILES string of the molecule is N[C@@H](CC(=O)N1CCC(C2CCCNC2)CC1)C(=O)O. The van der Waals surface area contributed by atoms with Crippen molar-refractivity contribution in [3.05, 3.63) is 0 Å². The van der Waals surface area contributed by atoms with Crippen LogP contribution in [0.5, 0.6) is 0 Å². The van der Waals surface area contributed by atoms with Gasteiger partial charge in [-0.1, -0.05) is 0 Å².